The molecule has 2 amide bonds. The molecule has 49 heavy (non-hydrogen) atoms. The van der Waals surface area contributed by atoms with Gasteiger partial charge in [0.1, 0.15) is 0 Å². The second kappa shape index (κ2) is 24.8. The summed E-state index contributed by atoms with van der Waals surface area (Å²) >= 11 is 0. The van der Waals surface area contributed by atoms with Gasteiger partial charge in [-0.1, -0.05) is 0 Å². The van der Waals surface area contributed by atoms with Crippen molar-refractivity contribution < 1.29 is 55.0 Å². The number of amides is 2. The Morgan fingerprint density at radius 2 is 0.714 bits per heavy atom. The van der Waals surface area contributed by atoms with Gasteiger partial charge in [0.25, 0.3) is 0 Å². The third-order valence-electron chi connectivity index (χ3n) is 4.80. The maximum atomic E-state index is 9.66. The molecule has 0 N–H and O–H groups in total. The van der Waals surface area contributed by atoms with Gasteiger partial charge < -0.3 is 18.9 Å². The summed E-state index contributed by atoms with van der Waals surface area (Å²) in [6, 6.07) is 16.1. The molecule has 0 saturated carbocycles. The van der Waals surface area contributed by atoms with E-state index in [1.54, 1.807) is 28.2 Å². The van der Waals surface area contributed by atoms with E-state index in [-0.39, 0.29) is 19.5 Å². The molecule has 262 valence electrons. The van der Waals surface area contributed by atoms with Crippen molar-refractivity contribution in [1.29, 1.82) is 0 Å². The topological polar surface area (TPSA) is 207 Å². The third kappa shape index (κ3) is 26.3. The molecule has 0 saturated heterocycles. The van der Waals surface area contributed by atoms with Crippen molar-refractivity contribution in [1.82, 2.24) is 29.7 Å². The van der Waals surface area contributed by atoms with Gasteiger partial charge in [-0.2, -0.15) is 0 Å². The number of hydrogen-bond donors (Lipinski definition) is 0. The fraction of sp³-hybridized carbons (Fsp3) is 0.267. The summed E-state index contributed by atoms with van der Waals surface area (Å²) in [4.78, 5) is 38.9. The van der Waals surface area contributed by atoms with Crippen LogP contribution in [-0.2, 0) is 47.4 Å². The number of carbonyl (C=O) groups excluding carboxylic acids is 2. The summed E-state index contributed by atoms with van der Waals surface area (Å²) in [5, 5.41) is 0. The summed E-state index contributed by atoms with van der Waals surface area (Å²) in [6.45, 7) is 8.23. The van der Waals surface area contributed by atoms with Crippen molar-refractivity contribution in [2.75, 3.05) is 28.2 Å². The van der Waals surface area contributed by atoms with Crippen LogP contribution in [0.5, 0.6) is 0 Å². The zero-order valence-electron chi connectivity index (χ0n) is 28.4. The Hall–Kier alpha value is -3.32. The van der Waals surface area contributed by atoms with Crippen molar-refractivity contribution in [3.63, 3.8) is 0 Å². The van der Waals surface area contributed by atoms with Gasteiger partial charge in [-0.3, -0.25) is 29.5 Å². The number of carbonyl (C=O) groups is 2. The summed E-state index contributed by atoms with van der Waals surface area (Å²) < 4.78 is 58.0. The fourth-order valence-corrected chi connectivity index (χ4v) is 8.22. The largest absolute Gasteiger partial charge is 2.00 e. The second-order valence-corrected chi connectivity index (χ2v) is 17.6. The standard InChI is InChI=1S/2C12H12N2.2C3H7NO.H2O6S4.Zn/c2*1-9-3-5-13-11(7-9)12-8-10(2)4-6-14-12;2*1-4(2)3-5;1-9(2,3)7-8-10(4,5)6;/h2*3-8H,1-2H3;2*3H,1-2H3;(H,1,2,3)(H,4,5,6);/q;;;;;+2/p-2. The molecular weight excluding hydrogens is 766 g/mol. The minimum absolute atomic E-state index is 0. The molecule has 0 bridgehead atoms. The fourth-order valence-electron chi connectivity index (χ4n) is 2.77. The van der Waals surface area contributed by atoms with Crippen molar-refractivity contribution in [3.05, 3.63) is 95.6 Å². The number of nitrogens with zero attached hydrogens (tertiary/aromatic N) is 6. The van der Waals surface area contributed by atoms with Gasteiger partial charge in [0.2, 0.25) is 12.8 Å². The second-order valence-electron chi connectivity index (χ2n) is 9.96. The van der Waals surface area contributed by atoms with Crippen LogP contribution in [0.15, 0.2) is 73.3 Å². The van der Waals surface area contributed by atoms with Crippen LogP contribution in [0.2, 0.25) is 0 Å². The summed E-state index contributed by atoms with van der Waals surface area (Å²) in [6.07, 6.45) is 8.76. The Balaban J connectivity index is 0. The van der Waals surface area contributed by atoms with Crippen molar-refractivity contribution >= 4 is 50.8 Å². The first-order chi connectivity index (χ1) is 22.3. The number of aryl methyl sites for hydroxylation is 4. The van der Waals surface area contributed by atoms with Crippen LogP contribution < -0.4 is 0 Å². The Labute approximate surface area is 308 Å². The molecule has 0 aliphatic heterocycles. The molecule has 0 aliphatic carbocycles. The Morgan fingerprint density at radius 1 is 0.531 bits per heavy atom. The Morgan fingerprint density at radius 3 is 0.837 bits per heavy atom. The molecule has 4 heterocycles. The minimum atomic E-state index is -4.71. The Bertz CT molecular complexity index is 1580. The van der Waals surface area contributed by atoms with Crippen molar-refractivity contribution in [2.24, 2.45) is 0 Å². The van der Waals surface area contributed by atoms with Gasteiger partial charge in [-0.05, 0) is 98.5 Å². The molecule has 4 rings (SSSR count). The molecule has 0 unspecified atom stereocenters. The Kier molecular flexibility index (Phi) is 24.2. The molecule has 0 fully saturated rings. The smallest absolute Gasteiger partial charge is 0.739 e. The van der Waals surface area contributed by atoms with E-state index < -0.39 is 38.0 Å². The predicted octanol–water partition coefficient (Wildman–Crippen LogP) is 4.22. The normalized spacial score (nSPS) is 9.92. The van der Waals surface area contributed by atoms with E-state index in [1.807, 2.05) is 73.3 Å². The molecule has 0 spiro atoms. The molecular formula is C30H38N6O8S4Zn. The van der Waals surface area contributed by atoms with Crippen molar-refractivity contribution in [2.45, 2.75) is 27.7 Å². The molecule has 0 radical (unpaired) electrons. The van der Waals surface area contributed by atoms with Gasteiger partial charge in [0.05, 0.1) is 22.8 Å². The van der Waals surface area contributed by atoms with Crippen LogP contribution in [0, 0.1) is 27.7 Å². The first kappa shape index (κ1) is 47.8. The van der Waals surface area contributed by atoms with E-state index >= 15 is 0 Å². The van der Waals surface area contributed by atoms with E-state index in [0.29, 0.717) is 0 Å². The van der Waals surface area contributed by atoms with Crippen LogP contribution >= 0.6 is 19.7 Å². The number of aromatic nitrogens is 4. The van der Waals surface area contributed by atoms with E-state index in [0.717, 1.165) is 35.6 Å². The monoisotopic (exact) mass is 802 g/mol. The quantitative estimate of drug-likeness (QED) is 0.111. The number of rotatable bonds is 7. The van der Waals surface area contributed by atoms with Crippen molar-refractivity contribution in [3.8, 4) is 22.8 Å². The maximum Gasteiger partial charge on any atom is 2.00 e. The molecule has 14 nitrogen and oxygen atoms in total. The van der Waals surface area contributed by atoms with Crippen LogP contribution in [0.25, 0.3) is 22.8 Å². The van der Waals surface area contributed by atoms with Gasteiger partial charge in [-0.15, -0.1) is 0 Å². The van der Waals surface area contributed by atoms with Gasteiger partial charge >= 0.3 is 19.5 Å². The predicted molar refractivity (Wildman–Crippen MR) is 188 cm³/mol. The maximum absolute atomic E-state index is 9.66. The van der Waals surface area contributed by atoms with Gasteiger partial charge in [0, 0.05) is 72.6 Å². The van der Waals surface area contributed by atoms with E-state index in [4.69, 9.17) is 0 Å². The average molecular weight is 804 g/mol. The van der Waals surface area contributed by atoms with Crippen LogP contribution in [0.1, 0.15) is 22.3 Å². The molecule has 4 aromatic rings. The first-order valence-corrected chi connectivity index (χ1v) is 19.5. The van der Waals surface area contributed by atoms with E-state index in [1.165, 1.54) is 32.1 Å². The molecule has 0 atom stereocenters. The summed E-state index contributed by atoms with van der Waals surface area (Å²) in [7, 11) is -3.72. The minimum Gasteiger partial charge on any atom is -0.739 e. The molecule has 19 heteroatoms. The van der Waals surface area contributed by atoms with Crippen LogP contribution in [0.3, 0.4) is 0 Å². The van der Waals surface area contributed by atoms with Gasteiger partial charge in [-0.25, -0.2) is 16.8 Å². The third-order valence-corrected chi connectivity index (χ3v) is 11.4. The number of pyridine rings is 4. The zero-order valence-corrected chi connectivity index (χ0v) is 34.6. The van der Waals surface area contributed by atoms with E-state index in [2.05, 4.69) is 47.6 Å². The summed E-state index contributed by atoms with van der Waals surface area (Å²) in [5.74, 6) is 0. The molecule has 0 aromatic carbocycles. The molecule has 4 aromatic heterocycles. The van der Waals surface area contributed by atoms with Crippen LogP contribution in [-0.4, -0.2) is 96.7 Å². The zero-order chi connectivity index (χ0) is 36.9. The SMILES string of the molecule is CN(C)C=O.CN(C)C=O.Cc1ccnc(-c2cc(C)ccn2)c1.Cc1ccnc(-c2cc(C)ccn2)c1.O=S(=O)([O-])SSS(=O)(=O)[O-].[Zn+2]. The van der Waals surface area contributed by atoms with Crippen LogP contribution in [0.4, 0.5) is 0 Å². The van der Waals surface area contributed by atoms with E-state index in [9.17, 15) is 35.5 Å². The van der Waals surface area contributed by atoms with Gasteiger partial charge in [0.15, 0.2) is 18.3 Å². The average Bonchev–Trinajstić information content (AvgIpc) is 3.01. The summed E-state index contributed by atoms with van der Waals surface area (Å²) in [5.41, 5.74) is 8.58. The first-order valence-electron chi connectivity index (χ1n) is 13.5. The molecule has 0 aliphatic rings. The number of hydrogen-bond acceptors (Lipinski definition) is 14.